The number of carbonyl (C=O) groups is 1. The first kappa shape index (κ1) is 11.3. The number of ketones is 1. The predicted octanol–water partition coefficient (Wildman–Crippen LogP) is 3.07. The van der Waals surface area contributed by atoms with Gasteiger partial charge in [-0.05, 0) is 31.2 Å². The monoisotopic (exact) mass is 230 g/mol. The summed E-state index contributed by atoms with van der Waals surface area (Å²) >= 11 is 0. The molecule has 0 radical (unpaired) electrons. The van der Waals surface area contributed by atoms with Crippen LogP contribution in [0.4, 0.5) is 4.39 Å². The van der Waals surface area contributed by atoms with E-state index in [0.717, 1.165) is 17.7 Å². The molecular formula is C14H11FO2. The lowest BCUT2D eigenvalue weighted by molar-refractivity contribution is 0.103. The molecule has 3 heteroatoms. The third kappa shape index (κ3) is 2.33. The molecule has 0 saturated carbocycles. The second-order valence-corrected chi connectivity index (χ2v) is 3.86. The van der Waals surface area contributed by atoms with Crippen LogP contribution in [0.2, 0.25) is 0 Å². The van der Waals surface area contributed by atoms with E-state index in [0.29, 0.717) is 5.56 Å². The van der Waals surface area contributed by atoms with Crippen molar-refractivity contribution in [3.8, 4) is 5.75 Å². The van der Waals surface area contributed by atoms with Crippen molar-refractivity contribution in [3.63, 3.8) is 0 Å². The van der Waals surface area contributed by atoms with Gasteiger partial charge in [-0.25, -0.2) is 4.39 Å². The van der Waals surface area contributed by atoms with Gasteiger partial charge < -0.3 is 5.11 Å². The molecule has 86 valence electrons. The summed E-state index contributed by atoms with van der Waals surface area (Å²) in [7, 11) is 0. The number of halogens is 1. The molecule has 0 aliphatic carbocycles. The molecule has 2 aromatic rings. The van der Waals surface area contributed by atoms with Crippen LogP contribution in [0.5, 0.6) is 5.75 Å². The molecule has 0 aromatic heterocycles. The van der Waals surface area contributed by atoms with Crippen LogP contribution in [0.15, 0.2) is 42.5 Å². The smallest absolute Gasteiger partial charge is 0.196 e. The van der Waals surface area contributed by atoms with Gasteiger partial charge in [0.15, 0.2) is 5.78 Å². The largest absolute Gasteiger partial charge is 0.507 e. The van der Waals surface area contributed by atoms with Gasteiger partial charge in [-0.3, -0.25) is 4.79 Å². The number of rotatable bonds is 2. The van der Waals surface area contributed by atoms with Crippen molar-refractivity contribution in [2.75, 3.05) is 0 Å². The average Bonchev–Trinajstić information content (AvgIpc) is 2.31. The lowest BCUT2D eigenvalue weighted by atomic mass is 10.0. The minimum absolute atomic E-state index is 0.0180. The standard InChI is InChI=1S/C14H11FO2/c1-9-3-2-4-10(7-9)14(17)12-8-11(15)5-6-13(12)16/h2-8,16H,1H3. The number of benzene rings is 2. The number of carbonyl (C=O) groups excluding carboxylic acids is 1. The predicted molar refractivity (Wildman–Crippen MR) is 62.7 cm³/mol. The van der Waals surface area contributed by atoms with E-state index in [-0.39, 0.29) is 17.1 Å². The van der Waals surface area contributed by atoms with E-state index in [1.165, 1.54) is 6.07 Å². The summed E-state index contributed by atoms with van der Waals surface area (Å²) in [5.41, 5.74) is 1.35. The first-order valence-electron chi connectivity index (χ1n) is 5.18. The molecule has 0 fully saturated rings. The zero-order chi connectivity index (χ0) is 12.4. The van der Waals surface area contributed by atoms with E-state index in [4.69, 9.17) is 0 Å². The third-order valence-corrected chi connectivity index (χ3v) is 2.48. The molecule has 0 atom stereocenters. The molecule has 1 N–H and O–H groups in total. The van der Waals surface area contributed by atoms with Crippen molar-refractivity contribution in [1.29, 1.82) is 0 Å². The number of aromatic hydroxyl groups is 1. The Bertz CT molecular complexity index is 576. The lowest BCUT2D eigenvalue weighted by Crippen LogP contribution is -2.02. The molecule has 0 aliphatic heterocycles. The minimum Gasteiger partial charge on any atom is -0.507 e. The summed E-state index contributed by atoms with van der Waals surface area (Å²) in [4.78, 5) is 12.0. The maximum atomic E-state index is 13.0. The maximum absolute atomic E-state index is 13.0. The van der Waals surface area contributed by atoms with Crippen molar-refractivity contribution < 1.29 is 14.3 Å². The molecule has 0 heterocycles. The lowest BCUT2D eigenvalue weighted by Gasteiger charge is -2.04. The second kappa shape index (κ2) is 4.37. The summed E-state index contributed by atoms with van der Waals surface area (Å²) in [6.07, 6.45) is 0. The van der Waals surface area contributed by atoms with Gasteiger partial charge in [0.1, 0.15) is 11.6 Å². The molecule has 2 rings (SSSR count). The molecule has 2 nitrogen and oxygen atoms in total. The fourth-order valence-corrected chi connectivity index (χ4v) is 1.63. The van der Waals surface area contributed by atoms with Gasteiger partial charge in [-0.1, -0.05) is 23.8 Å². The fourth-order valence-electron chi connectivity index (χ4n) is 1.63. The second-order valence-electron chi connectivity index (χ2n) is 3.86. The fraction of sp³-hybridized carbons (Fsp3) is 0.0714. The highest BCUT2D eigenvalue weighted by Crippen LogP contribution is 2.21. The van der Waals surface area contributed by atoms with Crippen LogP contribution in [-0.4, -0.2) is 10.9 Å². The Kier molecular flexibility index (Phi) is 2.91. The summed E-state index contributed by atoms with van der Waals surface area (Å²) in [5.74, 6) is -1.14. The van der Waals surface area contributed by atoms with Crippen LogP contribution in [0.1, 0.15) is 21.5 Å². The molecule has 0 saturated heterocycles. The van der Waals surface area contributed by atoms with E-state index in [1.54, 1.807) is 18.2 Å². The molecular weight excluding hydrogens is 219 g/mol. The summed E-state index contributed by atoms with van der Waals surface area (Å²) in [6.45, 7) is 1.86. The van der Waals surface area contributed by atoms with E-state index in [2.05, 4.69) is 0 Å². The van der Waals surface area contributed by atoms with Crippen LogP contribution in [0, 0.1) is 12.7 Å². The molecule has 0 unspecified atom stereocenters. The number of aryl methyl sites for hydroxylation is 1. The quantitative estimate of drug-likeness (QED) is 0.805. The van der Waals surface area contributed by atoms with Crippen LogP contribution in [0.25, 0.3) is 0 Å². The van der Waals surface area contributed by atoms with Crippen LogP contribution < -0.4 is 0 Å². The minimum atomic E-state index is -0.543. The number of hydrogen-bond acceptors (Lipinski definition) is 2. The Morgan fingerprint density at radius 2 is 1.94 bits per heavy atom. The van der Waals surface area contributed by atoms with Gasteiger partial charge in [0.2, 0.25) is 0 Å². The van der Waals surface area contributed by atoms with Crippen LogP contribution >= 0.6 is 0 Å². The molecule has 0 amide bonds. The number of hydrogen-bond donors (Lipinski definition) is 1. The Hall–Kier alpha value is -2.16. The normalized spacial score (nSPS) is 10.2. The van der Waals surface area contributed by atoms with E-state index in [1.807, 2.05) is 13.0 Å². The Morgan fingerprint density at radius 1 is 1.18 bits per heavy atom. The van der Waals surface area contributed by atoms with Crippen molar-refractivity contribution in [2.45, 2.75) is 6.92 Å². The molecule has 0 spiro atoms. The number of phenolic OH excluding ortho intramolecular Hbond substituents is 1. The Balaban J connectivity index is 2.47. The molecule has 17 heavy (non-hydrogen) atoms. The average molecular weight is 230 g/mol. The van der Waals surface area contributed by atoms with Crippen molar-refractivity contribution in [1.82, 2.24) is 0 Å². The van der Waals surface area contributed by atoms with Gasteiger partial charge in [0.05, 0.1) is 5.56 Å². The first-order valence-corrected chi connectivity index (χ1v) is 5.18. The van der Waals surface area contributed by atoms with Gasteiger partial charge in [-0.15, -0.1) is 0 Å². The van der Waals surface area contributed by atoms with Crippen molar-refractivity contribution in [3.05, 3.63) is 65.0 Å². The summed E-state index contributed by atoms with van der Waals surface area (Å²) < 4.78 is 13.0. The molecule has 0 bridgehead atoms. The Morgan fingerprint density at radius 3 is 2.65 bits per heavy atom. The van der Waals surface area contributed by atoms with Gasteiger partial charge in [0.25, 0.3) is 0 Å². The van der Waals surface area contributed by atoms with Gasteiger partial charge in [-0.2, -0.15) is 0 Å². The zero-order valence-corrected chi connectivity index (χ0v) is 9.27. The topological polar surface area (TPSA) is 37.3 Å². The van der Waals surface area contributed by atoms with E-state index >= 15 is 0 Å². The zero-order valence-electron chi connectivity index (χ0n) is 9.27. The van der Waals surface area contributed by atoms with E-state index < -0.39 is 5.82 Å². The highest BCUT2D eigenvalue weighted by molar-refractivity contribution is 6.10. The highest BCUT2D eigenvalue weighted by atomic mass is 19.1. The first-order chi connectivity index (χ1) is 8.08. The van der Waals surface area contributed by atoms with Crippen molar-refractivity contribution >= 4 is 5.78 Å². The highest BCUT2D eigenvalue weighted by Gasteiger charge is 2.14. The van der Waals surface area contributed by atoms with Crippen LogP contribution in [0.3, 0.4) is 0 Å². The Labute approximate surface area is 98.3 Å². The van der Waals surface area contributed by atoms with E-state index in [9.17, 15) is 14.3 Å². The van der Waals surface area contributed by atoms with Gasteiger partial charge >= 0.3 is 0 Å². The number of phenols is 1. The van der Waals surface area contributed by atoms with Gasteiger partial charge in [0, 0.05) is 5.56 Å². The molecule has 0 aliphatic rings. The molecule has 2 aromatic carbocycles. The summed E-state index contributed by atoms with van der Waals surface area (Å²) in [6, 6.07) is 10.3. The van der Waals surface area contributed by atoms with Crippen molar-refractivity contribution in [2.24, 2.45) is 0 Å². The summed E-state index contributed by atoms with van der Waals surface area (Å²) in [5, 5.41) is 9.55. The van der Waals surface area contributed by atoms with Crippen LogP contribution in [-0.2, 0) is 0 Å². The maximum Gasteiger partial charge on any atom is 0.196 e. The SMILES string of the molecule is Cc1cccc(C(=O)c2cc(F)ccc2O)c1. The third-order valence-electron chi connectivity index (χ3n) is 2.48.